The molecule has 1 aromatic carbocycles. The highest BCUT2D eigenvalue weighted by Gasteiger charge is 2.33. The Balaban J connectivity index is 1.87. The van der Waals surface area contributed by atoms with Crippen molar-refractivity contribution in [3.05, 3.63) is 57.3 Å². The maximum absolute atomic E-state index is 12.9. The van der Waals surface area contributed by atoms with Gasteiger partial charge in [-0.3, -0.25) is 4.79 Å². The van der Waals surface area contributed by atoms with Crippen molar-refractivity contribution in [2.75, 3.05) is 13.1 Å². The highest BCUT2D eigenvalue weighted by molar-refractivity contribution is 7.10. The molecule has 0 bridgehead atoms. The average Bonchev–Trinajstić information content (AvgIpc) is 3.08. The van der Waals surface area contributed by atoms with Crippen molar-refractivity contribution in [3.63, 3.8) is 0 Å². The molecule has 24 heavy (non-hydrogen) atoms. The van der Waals surface area contributed by atoms with Crippen LogP contribution in [0.5, 0.6) is 0 Å². The number of quaternary nitrogens is 1. The van der Waals surface area contributed by atoms with E-state index in [0.29, 0.717) is 12.6 Å². The van der Waals surface area contributed by atoms with Crippen LogP contribution in [-0.2, 0) is 11.2 Å². The number of carbonyl (C=O) groups excluding carboxylic acids is 1. The first-order chi connectivity index (χ1) is 11.6. The summed E-state index contributed by atoms with van der Waals surface area (Å²) in [6, 6.07) is 11.4. The molecule has 0 aliphatic carbocycles. The molecule has 1 amide bonds. The molecule has 3 rings (SSSR count). The van der Waals surface area contributed by atoms with Gasteiger partial charge in [-0.05, 0) is 49.3 Å². The fourth-order valence-corrected chi connectivity index (χ4v) is 4.18. The molecule has 2 N–H and O–H groups in total. The van der Waals surface area contributed by atoms with E-state index in [2.05, 4.69) is 66.7 Å². The van der Waals surface area contributed by atoms with Crippen LogP contribution >= 0.6 is 11.3 Å². The third-order valence-electron chi connectivity index (χ3n) is 5.02. The molecule has 0 fully saturated rings. The summed E-state index contributed by atoms with van der Waals surface area (Å²) < 4.78 is 0. The van der Waals surface area contributed by atoms with Gasteiger partial charge >= 0.3 is 0 Å². The fraction of sp³-hybridized carbons (Fsp3) is 0.450. The lowest BCUT2D eigenvalue weighted by Crippen LogP contribution is -2.91. The number of aryl methyl sites for hydroxylation is 1. The lowest BCUT2D eigenvalue weighted by Gasteiger charge is -2.36. The number of thiophene rings is 1. The zero-order valence-corrected chi connectivity index (χ0v) is 15.6. The molecule has 2 aromatic rings. The number of nitrogens with zero attached hydrogens (tertiary/aromatic N) is 1. The maximum Gasteiger partial charge on any atom is 0.278 e. The first-order valence-corrected chi connectivity index (χ1v) is 9.73. The molecule has 0 spiro atoms. The number of nitrogens with two attached hydrogens (primary N) is 1. The number of carbonyl (C=O) groups is 1. The summed E-state index contributed by atoms with van der Waals surface area (Å²) in [5.41, 5.74) is 3.78. The van der Waals surface area contributed by atoms with E-state index in [9.17, 15) is 4.79 Å². The molecule has 3 nitrogen and oxygen atoms in total. The molecule has 1 aliphatic heterocycles. The summed E-state index contributed by atoms with van der Waals surface area (Å²) >= 11 is 1.82. The standard InChI is InChI=1S/C20H26N2OS/c1-4-15(3)21-13-19(23)22-11-9-18-17(10-12-24-18)20(22)16-7-5-14(2)6-8-16/h5-8,10,12,15,20-21H,4,9,11,13H2,1-3H3/p+1/t15-,20-/m1/s1. The fourth-order valence-electron chi connectivity index (χ4n) is 3.28. The predicted molar refractivity (Wildman–Crippen MR) is 99.3 cm³/mol. The van der Waals surface area contributed by atoms with E-state index in [1.54, 1.807) is 0 Å². The number of rotatable bonds is 5. The zero-order chi connectivity index (χ0) is 17.1. The van der Waals surface area contributed by atoms with E-state index >= 15 is 0 Å². The van der Waals surface area contributed by atoms with Gasteiger partial charge in [-0.2, -0.15) is 0 Å². The topological polar surface area (TPSA) is 36.9 Å². The average molecular weight is 344 g/mol. The molecule has 128 valence electrons. The second-order valence-corrected chi connectivity index (χ2v) is 7.78. The van der Waals surface area contributed by atoms with Crippen LogP contribution in [-0.4, -0.2) is 29.9 Å². The normalized spacial score (nSPS) is 18.3. The second-order valence-electron chi connectivity index (χ2n) is 6.77. The zero-order valence-electron chi connectivity index (χ0n) is 14.8. The van der Waals surface area contributed by atoms with Gasteiger partial charge in [0.2, 0.25) is 0 Å². The number of amides is 1. The van der Waals surface area contributed by atoms with Gasteiger partial charge in [0.15, 0.2) is 6.54 Å². The summed E-state index contributed by atoms with van der Waals surface area (Å²) in [5.74, 6) is 0.248. The lowest BCUT2D eigenvalue weighted by atomic mass is 9.92. The molecule has 2 atom stereocenters. The Morgan fingerprint density at radius 3 is 2.79 bits per heavy atom. The minimum Gasteiger partial charge on any atom is -0.336 e. The smallest absolute Gasteiger partial charge is 0.278 e. The first kappa shape index (κ1) is 17.2. The van der Waals surface area contributed by atoms with Crippen molar-refractivity contribution in [2.45, 2.75) is 45.7 Å². The minimum absolute atomic E-state index is 0.0680. The van der Waals surface area contributed by atoms with Crippen molar-refractivity contribution in [1.29, 1.82) is 0 Å². The maximum atomic E-state index is 12.9. The lowest BCUT2D eigenvalue weighted by molar-refractivity contribution is -0.676. The Hall–Kier alpha value is -1.65. The van der Waals surface area contributed by atoms with E-state index in [0.717, 1.165) is 19.4 Å². The number of hydrogen-bond donors (Lipinski definition) is 1. The molecular formula is C20H27N2OS+. The van der Waals surface area contributed by atoms with Crippen LogP contribution in [0.2, 0.25) is 0 Å². The molecular weight excluding hydrogens is 316 g/mol. The van der Waals surface area contributed by atoms with Gasteiger partial charge in [0.1, 0.15) is 0 Å². The predicted octanol–water partition coefficient (Wildman–Crippen LogP) is 2.89. The summed E-state index contributed by atoms with van der Waals surface area (Å²) in [5, 5.41) is 4.32. The van der Waals surface area contributed by atoms with Gasteiger partial charge in [-0.1, -0.05) is 36.8 Å². The second kappa shape index (κ2) is 7.49. The van der Waals surface area contributed by atoms with Crippen LogP contribution in [0.25, 0.3) is 0 Å². The highest BCUT2D eigenvalue weighted by atomic mass is 32.1. The minimum atomic E-state index is 0.0680. The monoisotopic (exact) mass is 343 g/mol. The Morgan fingerprint density at radius 1 is 1.33 bits per heavy atom. The first-order valence-electron chi connectivity index (χ1n) is 8.85. The van der Waals surface area contributed by atoms with Crippen LogP contribution in [0.1, 0.15) is 47.9 Å². The summed E-state index contributed by atoms with van der Waals surface area (Å²) in [7, 11) is 0. The number of benzene rings is 1. The van der Waals surface area contributed by atoms with Gasteiger partial charge < -0.3 is 10.2 Å². The number of fused-ring (bicyclic) bond motifs is 1. The van der Waals surface area contributed by atoms with Crippen LogP contribution in [0.15, 0.2) is 35.7 Å². The van der Waals surface area contributed by atoms with Crippen LogP contribution < -0.4 is 5.32 Å². The highest BCUT2D eigenvalue weighted by Crippen LogP contribution is 2.37. The van der Waals surface area contributed by atoms with E-state index in [-0.39, 0.29) is 11.9 Å². The van der Waals surface area contributed by atoms with Gasteiger partial charge in [-0.25, -0.2) is 0 Å². The summed E-state index contributed by atoms with van der Waals surface area (Å²) in [6.07, 6.45) is 2.06. The van der Waals surface area contributed by atoms with Crippen molar-refractivity contribution in [3.8, 4) is 0 Å². The van der Waals surface area contributed by atoms with E-state index in [1.165, 1.54) is 21.6 Å². The Kier molecular flexibility index (Phi) is 5.36. The van der Waals surface area contributed by atoms with Crippen molar-refractivity contribution < 1.29 is 10.1 Å². The Morgan fingerprint density at radius 2 is 2.08 bits per heavy atom. The summed E-state index contributed by atoms with van der Waals surface area (Å²) in [4.78, 5) is 16.4. The molecule has 0 saturated heterocycles. The largest absolute Gasteiger partial charge is 0.336 e. The molecule has 0 saturated carbocycles. The van der Waals surface area contributed by atoms with Crippen molar-refractivity contribution >= 4 is 17.2 Å². The Labute approximate surface area is 148 Å². The van der Waals surface area contributed by atoms with E-state index in [4.69, 9.17) is 0 Å². The van der Waals surface area contributed by atoms with Gasteiger partial charge in [0.25, 0.3) is 5.91 Å². The molecule has 0 unspecified atom stereocenters. The SMILES string of the molecule is CC[C@@H](C)[NH2+]CC(=O)N1CCc2sccc2[C@H]1c1ccc(C)cc1. The van der Waals surface area contributed by atoms with Crippen molar-refractivity contribution in [1.82, 2.24) is 4.90 Å². The molecule has 1 aromatic heterocycles. The van der Waals surface area contributed by atoms with E-state index in [1.807, 2.05) is 11.3 Å². The summed E-state index contributed by atoms with van der Waals surface area (Å²) in [6.45, 7) is 7.80. The third kappa shape index (κ3) is 3.55. The van der Waals surface area contributed by atoms with Gasteiger partial charge in [0.05, 0.1) is 12.1 Å². The number of hydrogen-bond acceptors (Lipinski definition) is 2. The van der Waals surface area contributed by atoms with Crippen LogP contribution in [0, 0.1) is 6.92 Å². The third-order valence-corrected chi connectivity index (χ3v) is 6.01. The molecule has 2 heterocycles. The van der Waals surface area contributed by atoms with Crippen molar-refractivity contribution in [2.24, 2.45) is 0 Å². The Bertz CT molecular complexity index is 692. The molecule has 4 heteroatoms. The molecule has 0 radical (unpaired) electrons. The van der Waals surface area contributed by atoms with Crippen LogP contribution in [0.4, 0.5) is 0 Å². The quantitative estimate of drug-likeness (QED) is 0.890. The van der Waals surface area contributed by atoms with Crippen LogP contribution in [0.3, 0.4) is 0 Å². The molecule has 1 aliphatic rings. The van der Waals surface area contributed by atoms with Gasteiger partial charge in [0, 0.05) is 11.4 Å². The van der Waals surface area contributed by atoms with Gasteiger partial charge in [-0.15, -0.1) is 11.3 Å². The van der Waals surface area contributed by atoms with E-state index < -0.39 is 0 Å².